The number of carbonyl (C=O) groups excluding carboxylic acids is 1. The molecule has 0 saturated carbocycles. The largest absolute Gasteiger partial charge is 0.380 e. The molecule has 0 aliphatic carbocycles. The number of nitrogens with two attached hydrogens (primary N) is 1. The molecule has 5 nitrogen and oxygen atoms in total. The van der Waals surface area contributed by atoms with E-state index < -0.39 is 5.91 Å². The molecule has 0 aliphatic rings. The average molecular weight is 259 g/mol. The van der Waals surface area contributed by atoms with Gasteiger partial charge in [-0.25, -0.2) is 0 Å². The first-order valence-corrected chi connectivity index (χ1v) is 5.35. The van der Waals surface area contributed by atoms with Gasteiger partial charge in [0.2, 0.25) is 5.91 Å². The lowest BCUT2D eigenvalue weighted by Gasteiger charge is -2.15. The summed E-state index contributed by atoms with van der Waals surface area (Å²) in [7, 11) is 3.10. The lowest BCUT2D eigenvalue weighted by molar-refractivity contribution is -0.0914. The van der Waals surface area contributed by atoms with Crippen molar-refractivity contribution < 1.29 is 14.3 Å². The van der Waals surface area contributed by atoms with Gasteiger partial charge < -0.3 is 20.5 Å². The number of hydrogen-bond donors (Lipinski definition) is 2. The highest BCUT2D eigenvalue weighted by molar-refractivity contribution is 6.33. The number of carbonyl (C=O) groups is 1. The molecule has 0 heterocycles. The number of rotatable bonds is 6. The molecule has 0 spiro atoms. The van der Waals surface area contributed by atoms with Gasteiger partial charge in [0.25, 0.3) is 0 Å². The van der Waals surface area contributed by atoms with E-state index in [2.05, 4.69) is 5.32 Å². The first kappa shape index (κ1) is 13.8. The first-order chi connectivity index (χ1) is 8.08. The maximum absolute atomic E-state index is 11.1. The van der Waals surface area contributed by atoms with Gasteiger partial charge in [-0.2, -0.15) is 0 Å². The number of halogens is 1. The third kappa shape index (κ3) is 3.89. The monoisotopic (exact) mass is 258 g/mol. The molecule has 0 unspecified atom stereocenters. The lowest BCUT2D eigenvalue weighted by atomic mass is 10.2. The summed E-state index contributed by atoms with van der Waals surface area (Å²) in [6.07, 6.45) is -0.359. The van der Waals surface area contributed by atoms with Gasteiger partial charge in [-0.3, -0.25) is 4.79 Å². The van der Waals surface area contributed by atoms with Gasteiger partial charge in [0.15, 0.2) is 6.29 Å². The Morgan fingerprint density at radius 1 is 1.47 bits per heavy atom. The Labute approximate surface area is 105 Å². The minimum atomic E-state index is -0.561. The van der Waals surface area contributed by atoms with Crippen molar-refractivity contribution in [1.82, 2.24) is 0 Å². The summed E-state index contributed by atoms with van der Waals surface area (Å²) in [6.45, 7) is 0.451. The molecule has 6 heteroatoms. The topological polar surface area (TPSA) is 73.6 Å². The molecule has 0 bridgehead atoms. The highest BCUT2D eigenvalue weighted by Gasteiger charge is 2.09. The van der Waals surface area contributed by atoms with Crippen LogP contribution in [-0.2, 0) is 9.47 Å². The molecule has 1 aromatic carbocycles. The third-order valence-corrected chi connectivity index (χ3v) is 2.56. The fourth-order valence-electron chi connectivity index (χ4n) is 1.29. The van der Waals surface area contributed by atoms with E-state index in [0.717, 1.165) is 5.69 Å². The van der Waals surface area contributed by atoms with Crippen LogP contribution in [0, 0.1) is 0 Å². The number of primary amides is 1. The summed E-state index contributed by atoms with van der Waals surface area (Å²) >= 11 is 5.83. The number of anilines is 1. The van der Waals surface area contributed by atoms with Gasteiger partial charge in [0, 0.05) is 19.9 Å². The molecule has 17 heavy (non-hydrogen) atoms. The zero-order chi connectivity index (χ0) is 12.8. The molecule has 0 atom stereocenters. The van der Waals surface area contributed by atoms with Crippen LogP contribution in [0.3, 0.4) is 0 Å². The summed E-state index contributed by atoms with van der Waals surface area (Å²) < 4.78 is 10.0. The maximum Gasteiger partial charge on any atom is 0.250 e. The molecule has 0 fully saturated rings. The second kappa shape index (κ2) is 6.44. The predicted molar refractivity (Wildman–Crippen MR) is 66.3 cm³/mol. The van der Waals surface area contributed by atoms with E-state index in [9.17, 15) is 4.79 Å². The van der Waals surface area contributed by atoms with Crippen molar-refractivity contribution in [2.75, 3.05) is 26.1 Å². The van der Waals surface area contributed by atoms with Crippen LogP contribution in [0.25, 0.3) is 0 Å². The Hall–Kier alpha value is -1.30. The minimum absolute atomic E-state index is 0.281. The summed E-state index contributed by atoms with van der Waals surface area (Å²) in [5, 5.41) is 3.38. The van der Waals surface area contributed by atoms with Crippen molar-refractivity contribution in [2.45, 2.75) is 6.29 Å². The zero-order valence-electron chi connectivity index (χ0n) is 9.70. The molecule has 0 radical (unpaired) electrons. The zero-order valence-corrected chi connectivity index (χ0v) is 10.5. The number of nitrogens with one attached hydrogen (secondary N) is 1. The summed E-state index contributed by atoms with van der Waals surface area (Å²) in [4.78, 5) is 11.1. The van der Waals surface area contributed by atoms with Crippen molar-refractivity contribution in [3.8, 4) is 0 Å². The Kier molecular flexibility index (Phi) is 5.21. The Bertz CT molecular complexity index is 394. The van der Waals surface area contributed by atoms with Crippen molar-refractivity contribution in [2.24, 2.45) is 5.73 Å². The van der Waals surface area contributed by atoms with Gasteiger partial charge in [-0.05, 0) is 18.2 Å². The van der Waals surface area contributed by atoms with E-state index >= 15 is 0 Å². The Morgan fingerprint density at radius 3 is 2.65 bits per heavy atom. The molecule has 1 amide bonds. The van der Waals surface area contributed by atoms with E-state index in [4.69, 9.17) is 26.8 Å². The standard InChI is InChI=1S/C11H15ClN2O3/c1-16-10(17-2)6-14-7-3-4-9(12)8(5-7)11(13)15/h3-5,10,14H,6H2,1-2H3,(H2,13,15). The molecule has 3 N–H and O–H groups in total. The second-order valence-corrected chi connectivity index (χ2v) is 3.75. The Balaban J connectivity index is 2.72. The number of hydrogen-bond acceptors (Lipinski definition) is 4. The number of amides is 1. The molecular weight excluding hydrogens is 244 g/mol. The fourth-order valence-corrected chi connectivity index (χ4v) is 1.50. The van der Waals surface area contributed by atoms with Crippen LogP contribution < -0.4 is 11.1 Å². The third-order valence-electron chi connectivity index (χ3n) is 2.23. The van der Waals surface area contributed by atoms with E-state index in [1.165, 1.54) is 0 Å². The van der Waals surface area contributed by atoms with Crippen LogP contribution in [0.1, 0.15) is 10.4 Å². The molecule has 0 saturated heterocycles. The van der Waals surface area contributed by atoms with Gasteiger partial charge in [0.1, 0.15) is 0 Å². The van der Waals surface area contributed by atoms with E-state index in [-0.39, 0.29) is 11.9 Å². The molecule has 1 rings (SSSR count). The van der Waals surface area contributed by atoms with Crippen LogP contribution in [0.2, 0.25) is 5.02 Å². The highest BCUT2D eigenvalue weighted by Crippen LogP contribution is 2.20. The molecule has 94 valence electrons. The van der Waals surface area contributed by atoms with Crippen molar-refractivity contribution >= 4 is 23.2 Å². The normalized spacial score (nSPS) is 10.6. The molecule has 0 aliphatic heterocycles. The van der Waals surface area contributed by atoms with Crippen LogP contribution in [0.15, 0.2) is 18.2 Å². The van der Waals surface area contributed by atoms with Crippen LogP contribution in [0.4, 0.5) is 5.69 Å². The summed E-state index contributed by atoms with van der Waals surface area (Å²) in [5.74, 6) is -0.561. The van der Waals surface area contributed by atoms with Crippen molar-refractivity contribution in [3.63, 3.8) is 0 Å². The minimum Gasteiger partial charge on any atom is -0.380 e. The van der Waals surface area contributed by atoms with E-state index in [1.54, 1.807) is 32.4 Å². The first-order valence-electron chi connectivity index (χ1n) is 4.97. The quantitative estimate of drug-likeness (QED) is 0.758. The van der Waals surface area contributed by atoms with Gasteiger partial charge in [0.05, 0.1) is 17.1 Å². The number of benzene rings is 1. The predicted octanol–water partition coefficient (Wildman–Crippen LogP) is 1.47. The highest BCUT2D eigenvalue weighted by atomic mass is 35.5. The van der Waals surface area contributed by atoms with Crippen LogP contribution in [0.5, 0.6) is 0 Å². The van der Waals surface area contributed by atoms with Gasteiger partial charge in [-0.1, -0.05) is 11.6 Å². The maximum atomic E-state index is 11.1. The SMILES string of the molecule is COC(CNc1ccc(Cl)c(C(N)=O)c1)OC. The van der Waals surface area contributed by atoms with Crippen molar-refractivity contribution in [3.05, 3.63) is 28.8 Å². The average Bonchev–Trinajstić information content (AvgIpc) is 2.32. The Morgan fingerprint density at radius 2 is 2.12 bits per heavy atom. The van der Waals surface area contributed by atoms with Crippen LogP contribution >= 0.6 is 11.6 Å². The van der Waals surface area contributed by atoms with E-state index in [0.29, 0.717) is 11.6 Å². The molecule has 0 aromatic heterocycles. The summed E-state index contributed by atoms with van der Waals surface area (Å²) in [6, 6.07) is 4.95. The number of ether oxygens (including phenoxy) is 2. The van der Waals surface area contributed by atoms with Gasteiger partial charge in [-0.15, -0.1) is 0 Å². The summed E-state index contributed by atoms with van der Waals surface area (Å²) in [5.41, 5.74) is 6.20. The molecular formula is C11H15ClN2O3. The smallest absolute Gasteiger partial charge is 0.250 e. The lowest BCUT2D eigenvalue weighted by Crippen LogP contribution is -2.23. The van der Waals surface area contributed by atoms with Gasteiger partial charge >= 0.3 is 0 Å². The molecule has 1 aromatic rings. The second-order valence-electron chi connectivity index (χ2n) is 3.34. The van der Waals surface area contributed by atoms with Crippen LogP contribution in [-0.4, -0.2) is 33.0 Å². The fraction of sp³-hybridized carbons (Fsp3) is 0.364. The number of methoxy groups -OCH3 is 2. The van der Waals surface area contributed by atoms with Crippen molar-refractivity contribution in [1.29, 1.82) is 0 Å². The van der Waals surface area contributed by atoms with E-state index in [1.807, 2.05) is 0 Å².